The lowest BCUT2D eigenvalue weighted by Gasteiger charge is -2.06. The summed E-state index contributed by atoms with van der Waals surface area (Å²) in [4.78, 5) is 0. The zero-order chi connectivity index (χ0) is 10.1. The lowest BCUT2D eigenvalue weighted by atomic mass is 10.0. The molecule has 0 spiro atoms. The van der Waals surface area contributed by atoms with Gasteiger partial charge in [-0.05, 0) is 17.4 Å². The number of hydrogen-bond acceptors (Lipinski definition) is 0. The Balaban J connectivity index is 2.90. The van der Waals surface area contributed by atoms with Crippen molar-refractivity contribution in [3.05, 3.63) is 47.5 Å². The SMILES string of the molecule is CCc1c(F)cc(F)c2ccccc12. The lowest BCUT2D eigenvalue weighted by molar-refractivity contribution is 0.582. The molecule has 0 atom stereocenters. The van der Waals surface area contributed by atoms with Crippen LogP contribution in [-0.2, 0) is 6.42 Å². The van der Waals surface area contributed by atoms with Gasteiger partial charge in [-0.15, -0.1) is 0 Å². The molecule has 0 fully saturated rings. The number of halogens is 2. The van der Waals surface area contributed by atoms with Crippen LogP contribution in [0.2, 0.25) is 0 Å². The van der Waals surface area contributed by atoms with E-state index in [4.69, 9.17) is 0 Å². The van der Waals surface area contributed by atoms with E-state index in [-0.39, 0.29) is 0 Å². The fourth-order valence-electron chi connectivity index (χ4n) is 1.72. The number of aryl methyl sites for hydroxylation is 1. The Hall–Kier alpha value is -1.44. The van der Waals surface area contributed by atoms with E-state index < -0.39 is 11.6 Å². The number of benzene rings is 2. The topological polar surface area (TPSA) is 0 Å². The smallest absolute Gasteiger partial charge is 0.133 e. The highest BCUT2D eigenvalue weighted by atomic mass is 19.1. The molecule has 2 heteroatoms. The van der Waals surface area contributed by atoms with Crippen LogP contribution in [-0.4, -0.2) is 0 Å². The first-order chi connectivity index (χ1) is 6.74. The van der Waals surface area contributed by atoms with Crippen LogP contribution in [0.25, 0.3) is 10.8 Å². The van der Waals surface area contributed by atoms with E-state index >= 15 is 0 Å². The van der Waals surface area contributed by atoms with Gasteiger partial charge in [0.05, 0.1) is 0 Å². The lowest BCUT2D eigenvalue weighted by Crippen LogP contribution is -1.92. The molecular formula is C12H10F2. The fraction of sp³-hybridized carbons (Fsp3) is 0.167. The van der Waals surface area contributed by atoms with Crippen molar-refractivity contribution in [1.82, 2.24) is 0 Å². The summed E-state index contributed by atoms with van der Waals surface area (Å²) in [7, 11) is 0. The van der Waals surface area contributed by atoms with Gasteiger partial charge in [0, 0.05) is 11.5 Å². The molecule has 0 saturated carbocycles. The quantitative estimate of drug-likeness (QED) is 0.646. The third-order valence-electron chi connectivity index (χ3n) is 2.40. The Morgan fingerprint density at radius 3 is 2.29 bits per heavy atom. The standard InChI is InChI=1S/C12H10F2/c1-2-8-9-5-3-4-6-10(9)12(14)7-11(8)13/h3-7H,2H2,1H3. The maximum atomic E-state index is 13.3. The molecule has 72 valence electrons. The van der Waals surface area contributed by atoms with Crippen LogP contribution in [0.15, 0.2) is 30.3 Å². The number of hydrogen-bond donors (Lipinski definition) is 0. The van der Waals surface area contributed by atoms with E-state index in [9.17, 15) is 8.78 Å². The van der Waals surface area contributed by atoms with Crippen molar-refractivity contribution in [2.45, 2.75) is 13.3 Å². The molecule has 14 heavy (non-hydrogen) atoms. The molecule has 0 aromatic heterocycles. The second kappa shape index (κ2) is 3.37. The Morgan fingerprint density at radius 2 is 1.64 bits per heavy atom. The van der Waals surface area contributed by atoms with Crippen LogP contribution in [0.3, 0.4) is 0 Å². The van der Waals surface area contributed by atoms with Crippen molar-refractivity contribution in [1.29, 1.82) is 0 Å². The monoisotopic (exact) mass is 192 g/mol. The second-order valence-corrected chi connectivity index (χ2v) is 3.22. The van der Waals surface area contributed by atoms with E-state index in [1.807, 2.05) is 6.92 Å². The van der Waals surface area contributed by atoms with Gasteiger partial charge in [-0.25, -0.2) is 8.78 Å². The summed E-state index contributed by atoms with van der Waals surface area (Å²) in [5, 5.41) is 1.17. The van der Waals surface area contributed by atoms with Gasteiger partial charge in [-0.1, -0.05) is 31.2 Å². The largest absolute Gasteiger partial charge is 0.207 e. The first kappa shape index (κ1) is 9.13. The zero-order valence-electron chi connectivity index (χ0n) is 7.85. The predicted molar refractivity (Wildman–Crippen MR) is 53.2 cm³/mol. The maximum absolute atomic E-state index is 13.3. The van der Waals surface area contributed by atoms with Crippen LogP contribution in [0.4, 0.5) is 8.78 Å². The minimum atomic E-state index is -0.490. The summed E-state index contributed by atoms with van der Waals surface area (Å²) in [5.74, 6) is -0.945. The molecule has 0 N–H and O–H groups in total. The summed E-state index contributed by atoms with van der Waals surface area (Å²) < 4.78 is 26.7. The van der Waals surface area contributed by atoms with Crippen molar-refractivity contribution in [3.8, 4) is 0 Å². The van der Waals surface area contributed by atoms with Crippen molar-refractivity contribution in [2.75, 3.05) is 0 Å². The van der Waals surface area contributed by atoms with E-state index in [2.05, 4.69) is 0 Å². The third-order valence-corrected chi connectivity index (χ3v) is 2.40. The summed E-state index contributed by atoms with van der Waals surface area (Å²) in [6.45, 7) is 1.86. The average molecular weight is 192 g/mol. The Morgan fingerprint density at radius 1 is 1.00 bits per heavy atom. The highest BCUT2D eigenvalue weighted by molar-refractivity contribution is 5.86. The van der Waals surface area contributed by atoms with Gasteiger partial charge in [0.25, 0.3) is 0 Å². The number of rotatable bonds is 1. The highest BCUT2D eigenvalue weighted by Gasteiger charge is 2.09. The van der Waals surface area contributed by atoms with Crippen molar-refractivity contribution < 1.29 is 8.78 Å². The zero-order valence-corrected chi connectivity index (χ0v) is 7.85. The Bertz CT molecular complexity index is 475. The summed E-state index contributed by atoms with van der Waals surface area (Å²) in [6.07, 6.45) is 0.576. The van der Waals surface area contributed by atoms with Crippen molar-refractivity contribution in [3.63, 3.8) is 0 Å². The molecule has 0 heterocycles. The van der Waals surface area contributed by atoms with Gasteiger partial charge < -0.3 is 0 Å². The minimum Gasteiger partial charge on any atom is -0.207 e. The fourth-order valence-corrected chi connectivity index (χ4v) is 1.72. The van der Waals surface area contributed by atoms with E-state index in [1.54, 1.807) is 24.3 Å². The molecule has 0 saturated heterocycles. The first-order valence-electron chi connectivity index (χ1n) is 4.59. The summed E-state index contributed by atoms with van der Waals surface area (Å²) in [6, 6.07) is 7.92. The van der Waals surface area contributed by atoms with Crippen LogP contribution in [0.5, 0.6) is 0 Å². The minimum absolute atomic E-state index is 0.455. The molecule has 0 aliphatic carbocycles. The molecule has 0 nitrogen and oxygen atoms in total. The average Bonchev–Trinajstić information content (AvgIpc) is 2.18. The van der Waals surface area contributed by atoms with Crippen LogP contribution < -0.4 is 0 Å². The summed E-state index contributed by atoms with van der Waals surface area (Å²) in [5.41, 5.74) is 0.585. The molecule has 2 rings (SSSR count). The molecule has 0 bridgehead atoms. The van der Waals surface area contributed by atoms with Gasteiger partial charge in [-0.3, -0.25) is 0 Å². The van der Waals surface area contributed by atoms with Gasteiger partial charge in [-0.2, -0.15) is 0 Å². The Labute approximate surface area is 81.2 Å². The van der Waals surface area contributed by atoms with Gasteiger partial charge in [0.1, 0.15) is 11.6 Å². The van der Waals surface area contributed by atoms with Crippen molar-refractivity contribution >= 4 is 10.8 Å². The van der Waals surface area contributed by atoms with Crippen LogP contribution >= 0.6 is 0 Å². The first-order valence-corrected chi connectivity index (χ1v) is 4.59. The second-order valence-electron chi connectivity index (χ2n) is 3.22. The summed E-state index contributed by atoms with van der Waals surface area (Å²) >= 11 is 0. The molecule has 0 amide bonds. The van der Waals surface area contributed by atoms with Crippen LogP contribution in [0.1, 0.15) is 12.5 Å². The predicted octanol–water partition coefficient (Wildman–Crippen LogP) is 3.68. The highest BCUT2D eigenvalue weighted by Crippen LogP contribution is 2.24. The molecule has 0 unspecified atom stereocenters. The molecular weight excluding hydrogens is 182 g/mol. The van der Waals surface area contributed by atoms with Crippen molar-refractivity contribution in [2.24, 2.45) is 0 Å². The number of fused-ring (bicyclic) bond motifs is 1. The van der Waals surface area contributed by atoms with E-state index in [0.29, 0.717) is 22.8 Å². The van der Waals surface area contributed by atoms with Gasteiger partial charge in [0.15, 0.2) is 0 Å². The normalized spacial score (nSPS) is 10.8. The Kier molecular flexibility index (Phi) is 2.20. The molecule has 0 radical (unpaired) electrons. The molecule has 2 aromatic carbocycles. The molecule has 0 aliphatic rings. The van der Waals surface area contributed by atoms with Gasteiger partial charge >= 0.3 is 0 Å². The van der Waals surface area contributed by atoms with Gasteiger partial charge in [0.2, 0.25) is 0 Å². The maximum Gasteiger partial charge on any atom is 0.133 e. The van der Waals surface area contributed by atoms with E-state index in [1.165, 1.54) is 0 Å². The molecule has 0 aliphatic heterocycles. The third kappa shape index (κ3) is 1.27. The molecule has 2 aromatic rings. The van der Waals surface area contributed by atoms with E-state index in [0.717, 1.165) is 6.07 Å². The van der Waals surface area contributed by atoms with Crippen LogP contribution in [0, 0.1) is 11.6 Å².